The molecule has 0 aliphatic carbocycles. The van der Waals surface area contributed by atoms with E-state index < -0.39 is 23.5 Å². The van der Waals surface area contributed by atoms with Crippen LogP contribution in [0.3, 0.4) is 0 Å². The molecule has 36 heavy (non-hydrogen) atoms. The van der Waals surface area contributed by atoms with Gasteiger partial charge in [-0.1, -0.05) is 21.6 Å². The van der Waals surface area contributed by atoms with Gasteiger partial charge in [0.05, 0.1) is 11.1 Å². The van der Waals surface area contributed by atoms with Gasteiger partial charge < -0.3 is 9.47 Å². The highest BCUT2D eigenvalue weighted by atomic mass is 33.1. The van der Waals surface area contributed by atoms with Gasteiger partial charge in [0.15, 0.2) is 0 Å². The second-order valence-corrected chi connectivity index (χ2v) is 9.63. The highest BCUT2D eigenvalue weighted by molar-refractivity contribution is 8.76. The van der Waals surface area contributed by atoms with Gasteiger partial charge in [0.2, 0.25) is 0 Å². The largest absolute Gasteiger partial charge is 0.457 e. The van der Waals surface area contributed by atoms with Crippen molar-refractivity contribution in [2.45, 2.75) is 22.1 Å². The number of rotatable bonds is 7. The molecule has 0 fully saturated rings. The van der Waals surface area contributed by atoms with Crippen molar-refractivity contribution in [3.8, 4) is 23.0 Å². The predicted octanol–water partition coefficient (Wildman–Crippen LogP) is 10.1. The molecule has 0 saturated carbocycles. The van der Waals surface area contributed by atoms with Crippen molar-refractivity contribution in [2.75, 3.05) is 0 Å². The summed E-state index contributed by atoms with van der Waals surface area (Å²) in [5.41, 5.74) is -1.48. The maximum atomic E-state index is 12.7. The summed E-state index contributed by atoms with van der Waals surface area (Å²) in [6.07, 6.45) is -8.79. The molecule has 0 unspecified atom stereocenters. The first kappa shape index (κ1) is 25.8. The third-order valence-electron chi connectivity index (χ3n) is 4.72. The summed E-state index contributed by atoms with van der Waals surface area (Å²) in [6, 6.07) is 23.2. The Labute approximate surface area is 210 Å². The van der Waals surface area contributed by atoms with Crippen LogP contribution in [0.15, 0.2) is 107 Å². The Bertz CT molecular complexity index is 1170. The Morgan fingerprint density at radius 3 is 0.889 bits per heavy atom. The zero-order valence-corrected chi connectivity index (χ0v) is 19.8. The molecule has 0 aromatic heterocycles. The van der Waals surface area contributed by atoms with Crippen LogP contribution in [0.4, 0.5) is 26.3 Å². The van der Waals surface area contributed by atoms with E-state index in [1.165, 1.54) is 45.9 Å². The summed E-state index contributed by atoms with van der Waals surface area (Å²) in [6.45, 7) is 0. The van der Waals surface area contributed by atoms with Gasteiger partial charge in [-0.3, -0.25) is 0 Å². The van der Waals surface area contributed by atoms with E-state index in [4.69, 9.17) is 9.47 Å². The maximum absolute atomic E-state index is 12.7. The molecule has 186 valence electrons. The van der Waals surface area contributed by atoms with Crippen LogP contribution in [0, 0.1) is 0 Å². The molecule has 0 aliphatic heterocycles. The average Bonchev–Trinajstić information content (AvgIpc) is 2.84. The molecule has 0 saturated heterocycles. The minimum atomic E-state index is -4.39. The first-order valence-electron chi connectivity index (χ1n) is 10.3. The molecule has 0 amide bonds. The Morgan fingerprint density at radius 2 is 0.639 bits per heavy atom. The Morgan fingerprint density at radius 1 is 0.389 bits per heavy atom. The summed E-state index contributed by atoms with van der Waals surface area (Å²) in [4.78, 5) is 1.87. The van der Waals surface area contributed by atoms with Gasteiger partial charge in [-0.2, -0.15) is 26.3 Å². The SMILES string of the molecule is FC(F)(F)c1ccc(Oc2ccc(SSc3ccc(Oc4ccc(C(F)(F)F)cc4)cc3)cc2)cc1. The van der Waals surface area contributed by atoms with Crippen LogP contribution in [-0.2, 0) is 12.4 Å². The summed E-state index contributed by atoms with van der Waals surface area (Å²) in [7, 11) is 2.99. The number of halogens is 6. The maximum Gasteiger partial charge on any atom is 0.416 e. The molecule has 0 aliphatic rings. The van der Waals surface area contributed by atoms with Crippen molar-refractivity contribution in [3.63, 3.8) is 0 Å². The van der Waals surface area contributed by atoms with Crippen LogP contribution in [0.5, 0.6) is 23.0 Å². The summed E-state index contributed by atoms with van der Waals surface area (Å²) < 4.78 is 87.1. The van der Waals surface area contributed by atoms with E-state index in [2.05, 4.69) is 0 Å². The van der Waals surface area contributed by atoms with E-state index in [0.717, 1.165) is 34.1 Å². The lowest BCUT2D eigenvalue weighted by atomic mass is 10.2. The summed E-state index contributed by atoms with van der Waals surface area (Å²) in [5.74, 6) is 1.59. The first-order valence-corrected chi connectivity index (χ1v) is 12.5. The fourth-order valence-electron chi connectivity index (χ4n) is 2.92. The van der Waals surface area contributed by atoms with Crippen molar-refractivity contribution in [3.05, 3.63) is 108 Å². The van der Waals surface area contributed by atoms with E-state index in [9.17, 15) is 26.3 Å². The molecule has 4 aromatic carbocycles. The minimum Gasteiger partial charge on any atom is -0.457 e. The Balaban J connectivity index is 1.28. The van der Waals surface area contributed by atoms with Gasteiger partial charge in [-0.15, -0.1) is 0 Å². The van der Waals surface area contributed by atoms with Crippen molar-refractivity contribution in [2.24, 2.45) is 0 Å². The molecule has 2 nitrogen and oxygen atoms in total. The Hall–Kier alpha value is -3.24. The van der Waals surface area contributed by atoms with Crippen LogP contribution in [0.25, 0.3) is 0 Å². The molecule has 10 heteroatoms. The molecular formula is C26H16F6O2S2. The second-order valence-electron chi connectivity index (χ2n) is 7.36. The van der Waals surface area contributed by atoms with E-state index >= 15 is 0 Å². The van der Waals surface area contributed by atoms with Crippen LogP contribution < -0.4 is 9.47 Å². The molecule has 0 heterocycles. The quantitative estimate of drug-likeness (QED) is 0.172. The predicted molar refractivity (Wildman–Crippen MR) is 128 cm³/mol. The number of hydrogen-bond acceptors (Lipinski definition) is 4. The number of alkyl halides is 6. The zero-order valence-electron chi connectivity index (χ0n) is 18.1. The van der Waals surface area contributed by atoms with Crippen molar-refractivity contribution in [1.82, 2.24) is 0 Å². The van der Waals surface area contributed by atoms with Crippen LogP contribution in [0.1, 0.15) is 11.1 Å². The first-order chi connectivity index (χ1) is 17.1. The lowest BCUT2D eigenvalue weighted by Gasteiger charge is -2.10. The van der Waals surface area contributed by atoms with Crippen molar-refractivity contribution in [1.29, 1.82) is 0 Å². The highest BCUT2D eigenvalue weighted by Gasteiger charge is 2.30. The molecule has 0 spiro atoms. The highest BCUT2D eigenvalue weighted by Crippen LogP contribution is 2.39. The smallest absolute Gasteiger partial charge is 0.416 e. The van der Waals surface area contributed by atoms with Gasteiger partial charge in [-0.05, 0) is 97.1 Å². The number of benzene rings is 4. The third-order valence-corrected chi connectivity index (χ3v) is 7.13. The second kappa shape index (κ2) is 10.8. The number of hydrogen-bond donors (Lipinski definition) is 0. The van der Waals surface area contributed by atoms with E-state index in [1.807, 2.05) is 24.3 Å². The third kappa shape index (κ3) is 7.14. The summed E-state index contributed by atoms with van der Waals surface area (Å²) >= 11 is 0. The van der Waals surface area contributed by atoms with Crippen molar-refractivity contribution < 1.29 is 35.8 Å². The lowest BCUT2D eigenvalue weighted by molar-refractivity contribution is -0.138. The van der Waals surface area contributed by atoms with Crippen LogP contribution in [0.2, 0.25) is 0 Å². The molecule has 0 atom stereocenters. The van der Waals surface area contributed by atoms with Gasteiger partial charge in [0.25, 0.3) is 0 Å². The van der Waals surface area contributed by atoms with Crippen LogP contribution >= 0.6 is 21.6 Å². The molecule has 4 aromatic rings. The van der Waals surface area contributed by atoms with E-state index in [1.54, 1.807) is 24.3 Å². The molecule has 0 bridgehead atoms. The van der Waals surface area contributed by atoms with Crippen molar-refractivity contribution >= 4 is 21.6 Å². The minimum absolute atomic E-state index is 0.302. The Kier molecular flexibility index (Phi) is 7.75. The topological polar surface area (TPSA) is 18.5 Å². The molecule has 0 N–H and O–H groups in total. The lowest BCUT2D eigenvalue weighted by Crippen LogP contribution is -2.03. The zero-order chi connectivity index (χ0) is 25.8. The number of ether oxygens (including phenoxy) is 2. The fraction of sp³-hybridized carbons (Fsp3) is 0.0769. The van der Waals surface area contributed by atoms with Gasteiger partial charge >= 0.3 is 12.4 Å². The van der Waals surface area contributed by atoms with E-state index in [0.29, 0.717) is 23.0 Å². The molecular weight excluding hydrogens is 522 g/mol. The van der Waals surface area contributed by atoms with E-state index in [-0.39, 0.29) is 0 Å². The summed E-state index contributed by atoms with van der Waals surface area (Å²) in [5, 5.41) is 0. The molecule has 4 rings (SSSR count). The monoisotopic (exact) mass is 538 g/mol. The van der Waals surface area contributed by atoms with Gasteiger partial charge in [-0.25, -0.2) is 0 Å². The normalized spacial score (nSPS) is 11.8. The fourth-order valence-corrected chi connectivity index (χ4v) is 4.85. The standard InChI is InChI=1S/C26H16F6O2S2/c27-25(28,29)17-1-5-19(6-2-17)33-21-9-13-23(14-10-21)35-36-24-15-11-22(12-16-24)34-20-7-3-18(4-8-20)26(30,31)32/h1-16H. The van der Waals surface area contributed by atoms with Crippen LogP contribution in [-0.4, -0.2) is 0 Å². The molecule has 0 radical (unpaired) electrons. The van der Waals surface area contributed by atoms with Gasteiger partial charge in [0.1, 0.15) is 23.0 Å². The van der Waals surface area contributed by atoms with Gasteiger partial charge in [0, 0.05) is 9.79 Å². The average molecular weight is 539 g/mol.